The Hall–Kier alpha value is -3.48. The van der Waals surface area contributed by atoms with Crippen LogP contribution in [0, 0.1) is 0 Å². The third kappa shape index (κ3) is 3.61. The number of hydrogen-bond donors (Lipinski definition) is 1. The molecule has 2 aromatic carbocycles. The summed E-state index contributed by atoms with van der Waals surface area (Å²) in [5.41, 5.74) is 0.754. The lowest BCUT2D eigenvalue weighted by Gasteiger charge is -2.11. The lowest BCUT2D eigenvalue weighted by Crippen LogP contribution is -2.29. The van der Waals surface area contributed by atoms with E-state index in [0.29, 0.717) is 16.6 Å². The zero-order valence-corrected chi connectivity index (χ0v) is 14.5. The lowest BCUT2D eigenvalue weighted by atomic mass is 10.2. The van der Waals surface area contributed by atoms with Crippen molar-refractivity contribution in [2.24, 2.45) is 0 Å². The van der Waals surface area contributed by atoms with E-state index in [1.807, 2.05) is 6.07 Å². The van der Waals surface area contributed by atoms with Gasteiger partial charge in [0, 0.05) is 30.7 Å². The van der Waals surface area contributed by atoms with Crippen molar-refractivity contribution in [2.45, 2.75) is 6.54 Å². The molecular weight excluding hydrogens is 332 g/mol. The number of anilines is 1. The highest BCUT2D eigenvalue weighted by Crippen LogP contribution is 2.11. The molecule has 0 radical (unpaired) electrons. The number of nitrogens with zero attached hydrogens (tertiary/aromatic N) is 3. The summed E-state index contributed by atoms with van der Waals surface area (Å²) in [6.07, 6.45) is 1.56. The van der Waals surface area contributed by atoms with Crippen molar-refractivity contribution in [3.63, 3.8) is 0 Å². The van der Waals surface area contributed by atoms with Gasteiger partial charge in [-0.15, -0.1) is 0 Å². The largest absolute Gasteiger partial charge is 0.345 e. The Labute approximate surface area is 149 Å². The Morgan fingerprint density at radius 1 is 1.08 bits per heavy atom. The standard InChI is InChI=1S/C19H18N4O3/c1-22(2)18(25)13-7-9-15(10-8-13)21-17(24)12-23-19(26)16-6-4-3-5-14(16)11-20-23/h3-11H,12H2,1-2H3,(H,21,24). The van der Waals surface area contributed by atoms with E-state index in [2.05, 4.69) is 10.4 Å². The van der Waals surface area contributed by atoms with Gasteiger partial charge in [-0.2, -0.15) is 5.10 Å². The summed E-state index contributed by atoms with van der Waals surface area (Å²) in [6, 6.07) is 13.7. The Balaban J connectivity index is 1.72. The molecule has 0 bridgehead atoms. The number of hydrogen-bond acceptors (Lipinski definition) is 4. The molecule has 0 atom stereocenters. The van der Waals surface area contributed by atoms with Crippen LogP contribution in [0.2, 0.25) is 0 Å². The number of fused-ring (bicyclic) bond motifs is 1. The van der Waals surface area contributed by atoms with Gasteiger partial charge in [-0.05, 0) is 30.3 Å². The second-order valence-electron chi connectivity index (χ2n) is 6.02. The highest BCUT2D eigenvalue weighted by Gasteiger charge is 2.10. The Morgan fingerprint density at radius 2 is 1.77 bits per heavy atom. The summed E-state index contributed by atoms with van der Waals surface area (Å²) < 4.78 is 1.13. The van der Waals surface area contributed by atoms with Crippen molar-refractivity contribution >= 4 is 28.3 Å². The van der Waals surface area contributed by atoms with Gasteiger partial charge in [-0.1, -0.05) is 18.2 Å². The van der Waals surface area contributed by atoms with Crippen molar-refractivity contribution in [1.29, 1.82) is 0 Å². The number of rotatable bonds is 4. The molecule has 0 aliphatic heterocycles. The smallest absolute Gasteiger partial charge is 0.275 e. The first-order valence-electron chi connectivity index (χ1n) is 8.02. The van der Waals surface area contributed by atoms with Gasteiger partial charge < -0.3 is 10.2 Å². The van der Waals surface area contributed by atoms with E-state index in [4.69, 9.17) is 0 Å². The molecule has 7 nitrogen and oxygen atoms in total. The van der Waals surface area contributed by atoms with E-state index in [1.54, 1.807) is 62.8 Å². The summed E-state index contributed by atoms with van der Waals surface area (Å²) in [4.78, 5) is 37.9. The first-order valence-corrected chi connectivity index (χ1v) is 8.02. The molecule has 0 aliphatic rings. The summed E-state index contributed by atoms with van der Waals surface area (Å²) >= 11 is 0. The fraction of sp³-hybridized carbons (Fsp3) is 0.158. The van der Waals surface area contributed by atoms with Crippen LogP contribution in [0.3, 0.4) is 0 Å². The van der Waals surface area contributed by atoms with E-state index < -0.39 is 0 Å². The normalized spacial score (nSPS) is 10.5. The average molecular weight is 350 g/mol. The van der Waals surface area contributed by atoms with Crippen LogP contribution < -0.4 is 10.9 Å². The molecule has 0 fully saturated rings. The minimum absolute atomic E-state index is 0.116. The van der Waals surface area contributed by atoms with E-state index in [9.17, 15) is 14.4 Å². The Morgan fingerprint density at radius 3 is 2.46 bits per heavy atom. The molecule has 7 heteroatoms. The summed E-state index contributed by atoms with van der Waals surface area (Å²) in [7, 11) is 3.35. The molecule has 0 aliphatic carbocycles. The van der Waals surface area contributed by atoms with E-state index in [1.165, 1.54) is 4.90 Å². The fourth-order valence-corrected chi connectivity index (χ4v) is 2.53. The van der Waals surface area contributed by atoms with Gasteiger partial charge in [0.25, 0.3) is 11.5 Å². The number of carbonyl (C=O) groups excluding carboxylic acids is 2. The third-order valence-corrected chi connectivity index (χ3v) is 3.88. The highest BCUT2D eigenvalue weighted by atomic mass is 16.2. The minimum atomic E-state index is -0.374. The molecule has 3 aromatic rings. The van der Waals surface area contributed by atoms with Crippen LogP contribution in [-0.4, -0.2) is 40.6 Å². The number of aromatic nitrogens is 2. The monoisotopic (exact) mass is 350 g/mol. The maximum atomic E-state index is 12.4. The van der Waals surface area contributed by atoms with Crippen LogP contribution in [-0.2, 0) is 11.3 Å². The molecule has 0 unspecified atom stereocenters. The number of carbonyl (C=O) groups is 2. The quantitative estimate of drug-likeness (QED) is 0.777. The molecule has 26 heavy (non-hydrogen) atoms. The predicted octanol–water partition coefficient (Wildman–Crippen LogP) is 1.74. The topological polar surface area (TPSA) is 84.3 Å². The van der Waals surface area contributed by atoms with Gasteiger partial charge in [0.2, 0.25) is 5.91 Å². The molecule has 3 rings (SSSR count). The molecule has 132 valence electrons. The van der Waals surface area contributed by atoms with Gasteiger partial charge in [0.15, 0.2) is 0 Å². The van der Waals surface area contributed by atoms with Crippen LogP contribution in [0.5, 0.6) is 0 Å². The molecular formula is C19H18N4O3. The Kier molecular flexibility index (Phi) is 4.79. The average Bonchev–Trinajstić information content (AvgIpc) is 2.64. The van der Waals surface area contributed by atoms with E-state index in [0.717, 1.165) is 10.1 Å². The number of nitrogens with one attached hydrogen (secondary N) is 1. The number of amides is 2. The van der Waals surface area contributed by atoms with Crippen LogP contribution in [0.4, 0.5) is 5.69 Å². The third-order valence-electron chi connectivity index (χ3n) is 3.88. The van der Waals surface area contributed by atoms with Crippen LogP contribution >= 0.6 is 0 Å². The summed E-state index contributed by atoms with van der Waals surface area (Å²) in [6.45, 7) is -0.192. The maximum absolute atomic E-state index is 12.4. The van der Waals surface area contributed by atoms with Crippen LogP contribution in [0.25, 0.3) is 10.8 Å². The van der Waals surface area contributed by atoms with Gasteiger partial charge in [0.1, 0.15) is 6.54 Å². The molecule has 0 spiro atoms. The molecule has 0 saturated carbocycles. The van der Waals surface area contributed by atoms with Crippen molar-refractivity contribution in [2.75, 3.05) is 19.4 Å². The van der Waals surface area contributed by atoms with Crippen molar-refractivity contribution < 1.29 is 9.59 Å². The first-order chi connectivity index (χ1) is 12.5. The van der Waals surface area contributed by atoms with Gasteiger partial charge in [-0.25, -0.2) is 4.68 Å². The lowest BCUT2D eigenvalue weighted by molar-refractivity contribution is -0.117. The molecule has 0 saturated heterocycles. The van der Waals surface area contributed by atoms with Crippen molar-refractivity contribution in [1.82, 2.24) is 14.7 Å². The SMILES string of the molecule is CN(C)C(=O)c1ccc(NC(=O)Cn2ncc3ccccc3c2=O)cc1. The highest BCUT2D eigenvalue weighted by molar-refractivity contribution is 5.95. The summed E-state index contributed by atoms with van der Waals surface area (Å²) in [5.74, 6) is -0.489. The fourth-order valence-electron chi connectivity index (χ4n) is 2.53. The number of benzene rings is 2. The first kappa shape index (κ1) is 17.3. The maximum Gasteiger partial charge on any atom is 0.275 e. The Bertz CT molecular complexity index is 1020. The van der Waals surface area contributed by atoms with Gasteiger partial charge in [-0.3, -0.25) is 14.4 Å². The van der Waals surface area contributed by atoms with E-state index >= 15 is 0 Å². The minimum Gasteiger partial charge on any atom is -0.345 e. The van der Waals surface area contributed by atoms with Crippen LogP contribution in [0.15, 0.2) is 59.5 Å². The zero-order valence-electron chi connectivity index (χ0n) is 14.5. The predicted molar refractivity (Wildman–Crippen MR) is 99.1 cm³/mol. The molecule has 2 amide bonds. The van der Waals surface area contributed by atoms with Crippen molar-refractivity contribution in [3.8, 4) is 0 Å². The van der Waals surface area contributed by atoms with Crippen LogP contribution in [0.1, 0.15) is 10.4 Å². The van der Waals surface area contributed by atoms with Gasteiger partial charge >= 0.3 is 0 Å². The summed E-state index contributed by atoms with van der Waals surface area (Å²) in [5, 5.41) is 7.98. The van der Waals surface area contributed by atoms with Crippen molar-refractivity contribution in [3.05, 3.63) is 70.6 Å². The molecule has 1 N–H and O–H groups in total. The van der Waals surface area contributed by atoms with Gasteiger partial charge in [0.05, 0.1) is 11.6 Å². The second kappa shape index (κ2) is 7.18. The second-order valence-corrected chi connectivity index (χ2v) is 6.02. The zero-order chi connectivity index (χ0) is 18.7. The molecule has 1 heterocycles. The molecule has 1 aromatic heterocycles. The van der Waals surface area contributed by atoms with E-state index in [-0.39, 0.29) is 23.9 Å².